The number of aliphatic hydroxyl groups excluding tert-OH is 3. The molecule has 2 atom stereocenters. The van der Waals surface area contributed by atoms with Gasteiger partial charge in [-0.3, -0.25) is 4.89 Å². The minimum absolute atomic E-state index is 0.781. The molecular formula is C4H8O6. The predicted octanol–water partition coefficient (Wildman–Crippen LogP) is -2.28. The van der Waals surface area contributed by atoms with Crippen LogP contribution >= 0.6 is 0 Å². The van der Waals surface area contributed by atoms with Gasteiger partial charge in [0.1, 0.15) is 6.10 Å². The third kappa shape index (κ3) is 2.28. The van der Waals surface area contributed by atoms with E-state index in [0.717, 1.165) is 0 Å². The third-order valence-corrected chi connectivity index (χ3v) is 0.883. The van der Waals surface area contributed by atoms with Crippen LogP contribution in [0.4, 0.5) is 0 Å². The molecule has 0 heterocycles. The zero-order valence-electron chi connectivity index (χ0n) is 4.97. The molecule has 10 heavy (non-hydrogen) atoms. The molecule has 0 rings (SSSR count). The maximum atomic E-state index is 10.1. The predicted molar refractivity (Wildman–Crippen MR) is 27.8 cm³/mol. The molecule has 0 aliphatic carbocycles. The van der Waals surface area contributed by atoms with E-state index in [9.17, 15) is 4.79 Å². The lowest BCUT2D eigenvalue weighted by atomic mass is 10.2. The van der Waals surface area contributed by atoms with Gasteiger partial charge in [-0.25, -0.2) is 4.79 Å². The fourth-order valence-corrected chi connectivity index (χ4v) is 0.311. The summed E-state index contributed by atoms with van der Waals surface area (Å²) in [7, 11) is 0. The molecule has 0 saturated carbocycles. The largest absolute Gasteiger partial charge is 0.394 e. The van der Waals surface area contributed by atoms with Gasteiger partial charge in [-0.2, -0.15) is 5.26 Å². The first-order valence-electron chi connectivity index (χ1n) is 2.45. The summed E-state index contributed by atoms with van der Waals surface area (Å²) < 4.78 is 0. The highest BCUT2D eigenvalue weighted by molar-refractivity contribution is 5.74. The van der Waals surface area contributed by atoms with Gasteiger partial charge in [-0.15, -0.1) is 0 Å². The van der Waals surface area contributed by atoms with E-state index >= 15 is 0 Å². The Kier molecular flexibility index (Phi) is 3.89. The number of hydrogen-bond donors (Lipinski definition) is 4. The lowest BCUT2D eigenvalue weighted by molar-refractivity contribution is -0.246. The lowest BCUT2D eigenvalue weighted by Crippen LogP contribution is -2.37. The van der Waals surface area contributed by atoms with Crippen LogP contribution in [0.15, 0.2) is 0 Å². The van der Waals surface area contributed by atoms with Crippen molar-refractivity contribution in [1.29, 1.82) is 0 Å². The first-order chi connectivity index (χ1) is 4.63. The average Bonchev–Trinajstić information content (AvgIpc) is 2.00. The Bertz CT molecular complexity index is 112. The molecule has 4 N–H and O–H groups in total. The molecule has 0 fully saturated rings. The van der Waals surface area contributed by atoms with Crippen molar-refractivity contribution in [3.05, 3.63) is 0 Å². The molecule has 0 aliphatic heterocycles. The van der Waals surface area contributed by atoms with Crippen LogP contribution in [-0.2, 0) is 9.68 Å². The van der Waals surface area contributed by atoms with Crippen LogP contribution in [0, 0.1) is 0 Å². The summed E-state index contributed by atoms with van der Waals surface area (Å²) >= 11 is 0. The van der Waals surface area contributed by atoms with Gasteiger partial charge in [0.05, 0.1) is 6.61 Å². The van der Waals surface area contributed by atoms with Gasteiger partial charge in [0.25, 0.3) is 0 Å². The normalized spacial score (nSPS) is 16.0. The van der Waals surface area contributed by atoms with E-state index in [-0.39, 0.29) is 0 Å². The molecule has 0 spiro atoms. The summed E-state index contributed by atoms with van der Waals surface area (Å²) in [5.41, 5.74) is 0. The standard InChI is InChI=1S/C4H8O6/c5-1-2(6)3(7)4(8)10-9/h2-3,5-7,9H,1H2. The monoisotopic (exact) mass is 152 g/mol. The number of hydrogen-bond acceptors (Lipinski definition) is 6. The van der Waals surface area contributed by atoms with Crippen molar-refractivity contribution in [1.82, 2.24) is 0 Å². The van der Waals surface area contributed by atoms with Crippen LogP contribution < -0.4 is 0 Å². The Balaban J connectivity index is 3.81. The van der Waals surface area contributed by atoms with Crippen molar-refractivity contribution in [3.63, 3.8) is 0 Å². The summed E-state index contributed by atoms with van der Waals surface area (Å²) in [5, 5.41) is 32.9. The minimum atomic E-state index is -1.91. The van der Waals surface area contributed by atoms with Crippen LogP contribution in [0.25, 0.3) is 0 Å². The van der Waals surface area contributed by atoms with Crippen LogP contribution in [0.5, 0.6) is 0 Å². The molecule has 0 aromatic carbocycles. The number of rotatable bonds is 3. The molecule has 0 aromatic heterocycles. The number of carbonyl (C=O) groups is 1. The first kappa shape index (κ1) is 9.31. The van der Waals surface area contributed by atoms with Crippen LogP contribution in [0.3, 0.4) is 0 Å². The Hall–Kier alpha value is -0.690. The molecule has 0 aromatic rings. The van der Waals surface area contributed by atoms with Gasteiger partial charge in [-0.1, -0.05) is 0 Å². The van der Waals surface area contributed by atoms with Gasteiger partial charge in [0.2, 0.25) is 0 Å². The maximum absolute atomic E-state index is 10.1. The fraction of sp³-hybridized carbons (Fsp3) is 0.750. The first-order valence-corrected chi connectivity index (χ1v) is 2.45. The summed E-state index contributed by atoms with van der Waals surface area (Å²) in [6.07, 6.45) is -3.53. The molecule has 0 saturated heterocycles. The minimum Gasteiger partial charge on any atom is -0.394 e. The van der Waals surface area contributed by atoms with Gasteiger partial charge in [0.15, 0.2) is 6.10 Å². The second-order valence-corrected chi connectivity index (χ2v) is 1.61. The van der Waals surface area contributed by atoms with Gasteiger partial charge in [0, 0.05) is 0 Å². The maximum Gasteiger partial charge on any atom is 0.372 e. The van der Waals surface area contributed by atoms with Crippen molar-refractivity contribution in [2.75, 3.05) is 6.61 Å². The molecule has 0 amide bonds. The van der Waals surface area contributed by atoms with Gasteiger partial charge >= 0.3 is 5.97 Å². The Labute approximate surface area is 56.2 Å². The molecule has 2 unspecified atom stereocenters. The topological polar surface area (TPSA) is 107 Å². The van der Waals surface area contributed by atoms with E-state index < -0.39 is 24.8 Å². The molecule has 6 nitrogen and oxygen atoms in total. The van der Waals surface area contributed by atoms with E-state index in [2.05, 4.69) is 4.89 Å². The van der Waals surface area contributed by atoms with Gasteiger partial charge in [-0.05, 0) is 0 Å². The molecule has 0 bridgehead atoms. The second-order valence-electron chi connectivity index (χ2n) is 1.61. The van der Waals surface area contributed by atoms with E-state index in [0.29, 0.717) is 0 Å². The highest BCUT2D eigenvalue weighted by atomic mass is 17.1. The van der Waals surface area contributed by atoms with E-state index in [1.807, 2.05) is 0 Å². The Morgan fingerprint density at radius 2 is 2.00 bits per heavy atom. The van der Waals surface area contributed by atoms with Crippen molar-refractivity contribution in [3.8, 4) is 0 Å². The quantitative estimate of drug-likeness (QED) is 0.268. The van der Waals surface area contributed by atoms with E-state index in [1.165, 1.54) is 0 Å². The van der Waals surface area contributed by atoms with Gasteiger partial charge < -0.3 is 15.3 Å². The SMILES string of the molecule is O=C(OO)C(O)C(O)CO. The summed E-state index contributed by atoms with van der Waals surface area (Å²) in [4.78, 5) is 13.2. The van der Waals surface area contributed by atoms with Crippen molar-refractivity contribution in [2.24, 2.45) is 0 Å². The van der Waals surface area contributed by atoms with Crippen molar-refractivity contribution >= 4 is 5.97 Å². The highest BCUT2D eigenvalue weighted by Crippen LogP contribution is 1.93. The summed E-state index contributed by atoms with van der Waals surface area (Å²) in [6, 6.07) is 0. The van der Waals surface area contributed by atoms with Crippen molar-refractivity contribution < 1.29 is 30.3 Å². The fourth-order valence-electron chi connectivity index (χ4n) is 0.311. The number of carbonyl (C=O) groups excluding carboxylic acids is 1. The molecule has 6 heteroatoms. The summed E-state index contributed by atoms with van der Waals surface area (Å²) in [6.45, 7) is -0.781. The van der Waals surface area contributed by atoms with E-state index in [1.54, 1.807) is 0 Å². The Morgan fingerprint density at radius 1 is 1.50 bits per heavy atom. The highest BCUT2D eigenvalue weighted by Gasteiger charge is 2.25. The van der Waals surface area contributed by atoms with Crippen LogP contribution in [0.2, 0.25) is 0 Å². The number of aliphatic hydroxyl groups is 3. The zero-order valence-corrected chi connectivity index (χ0v) is 4.97. The molecule has 0 aliphatic rings. The summed E-state index contributed by atoms with van der Waals surface area (Å²) in [5.74, 6) is -1.40. The van der Waals surface area contributed by atoms with Crippen molar-refractivity contribution in [2.45, 2.75) is 12.2 Å². The van der Waals surface area contributed by atoms with Crippen LogP contribution in [0.1, 0.15) is 0 Å². The second kappa shape index (κ2) is 4.18. The molecule has 0 radical (unpaired) electrons. The Morgan fingerprint density at radius 3 is 2.30 bits per heavy atom. The third-order valence-electron chi connectivity index (χ3n) is 0.883. The van der Waals surface area contributed by atoms with Crippen LogP contribution in [-0.4, -0.2) is 45.4 Å². The molecular weight excluding hydrogens is 144 g/mol. The lowest BCUT2D eigenvalue weighted by Gasteiger charge is -2.10. The average molecular weight is 152 g/mol. The van der Waals surface area contributed by atoms with E-state index in [4.69, 9.17) is 20.6 Å². The smallest absolute Gasteiger partial charge is 0.372 e. The zero-order chi connectivity index (χ0) is 8.15. The molecule has 60 valence electrons.